The highest BCUT2D eigenvalue weighted by molar-refractivity contribution is 5.81. The number of nitrogens with one attached hydrogen (secondary N) is 2. The predicted octanol–water partition coefficient (Wildman–Crippen LogP) is 0.916. The average molecular weight is 216 g/mol. The molecule has 0 aromatic carbocycles. The van der Waals surface area contributed by atoms with Crippen LogP contribution in [0, 0.1) is 0 Å². The Hall–Kier alpha value is -0.610. The third kappa shape index (κ3) is 7.33. The van der Waals surface area contributed by atoms with Crippen LogP contribution in [-0.4, -0.2) is 38.3 Å². The van der Waals surface area contributed by atoms with E-state index in [1.807, 2.05) is 13.8 Å². The molecular weight excluding hydrogens is 192 g/mol. The Balaban J connectivity index is 3.60. The van der Waals surface area contributed by atoms with Crippen LogP contribution in [0.5, 0.6) is 0 Å². The van der Waals surface area contributed by atoms with Gasteiger partial charge in [0.05, 0.1) is 12.1 Å². The summed E-state index contributed by atoms with van der Waals surface area (Å²) >= 11 is 0. The Morgan fingerprint density at radius 2 is 2.07 bits per heavy atom. The third-order valence-electron chi connectivity index (χ3n) is 2.34. The molecule has 4 heteroatoms. The third-order valence-corrected chi connectivity index (χ3v) is 2.34. The van der Waals surface area contributed by atoms with E-state index in [1.54, 1.807) is 7.11 Å². The van der Waals surface area contributed by atoms with E-state index in [2.05, 4.69) is 17.6 Å². The minimum atomic E-state index is -0.153. The number of hydrogen-bond acceptors (Lipinski definition) is 3. The molecule has 0 aromatic rings. The zero-order chi connectivity index (χ0) is 11.7. The van der Waals surface area contributed by atoms with Crippen LogP contribution >= 0.6 is 0 Å². The van der Waals surface area contributed by atoms with Crippen molar-refractivity contribution in [1.29, 1.82) is 0 Å². The van der Waals surface area contributed by atoms with Gasteiger partial charge in [0.25, 0.3) is 0 Å². The van der Waals surface area contributed by atoms with E-state index in [0.29, 0.717) is 6.54 Å². The normalized spacial score (nSPS) is 14.7. The van der Waals surface area contributed by atoms with Gasteiger partial charge in [-0.2, -0.15) is 0 Å². The summed E-state index contributed by atoms with van der Waals surface area (Å²) < 4.78 is 5.08. The minimum absolute atomic E-state index is 0.0618. The zero-order valence-electron chi connectivity index (χ0n) is 10.3. The molecule has 0 saturated heterocycles. The summed E-state index contributed by atoms with van der Waals surface area (Å²) in [7, 11) is 1.67. The van der Waals surface area contributed by atoms with E-state index in [9.17, 15) is 4.79 Å². The fraction of sp³-hybridized carbons (Fsp3) is 0.909. The fourth-order valence-electron chi connectivity index (χ4n) is 1.06. The number of methoxy groups -OCH3 is 1. The lowest BCUT2D eigenvalue weighted by Gasteiger charge is -2.16. The van der Waals surface area contributed by atoms with Crippen LogP contribution in [0.4, 0.5) is 0 Å². The summed E-state index contributed by atoms with van der Waals surface area (Å²) in [6.45, 7) is 7.40. The molecule has 0 rings (SSSR count). The molecule has 0 aliphatic carbocycles. The maximum absolute atomic E-state index is 11.5. The van der Waals surface area contributed by atoms with E-state index < -0.39 is 0 Å². The van der Waals surface area contributed by atoms with E-state index in [0.717, 1.165) is 19.4 Å². The molecule has 2 unspecified atom stereocenters. The Morgan fingerprint density at radius 1 is 1.40 bits per heavy atom. The minimum Gasteiger partial charge on any atom is -0.380 e. The van der Waals surface area contributed by atoms with Crippen molar-refractivity contribution in [2.24, 2.45) is 0 Å². The van der Waals surface area contributed by atoms with Crippen molar-refractivity contribution < 1.29 is 9.53 Å². The van der Waals surface area contributed by atoms with Crippen molar-refractivity contribution in [3.05, 3.63) is 0 Å². The fourth-order valence-corrected chi connectivity index (χ4v) is 1.06. The van der Waals surface area contributed by atoms with Gasteiger partial charge in [-0.15, -0.1) is 0 Å². The molecule has 0 spiro atoms. The molecule has 0 aliphatic rings. The Bertz CT molecular complexity index is 174. The maximum atomic E-state index is 11.5. The topological polar surface area (TPSA) is 50.4 Å². The lowest BCUT2D eigenvalue weighted by molar-refractivity contribution is -0.122. The summed E-state index contributed by atoms with van der Waals surface area (Å²) in [6, 6.07) is -0.153. The first kappa shape index (κ1) is 14.4. The van der Waals surface area contributed by atoms with E-state index >= 15 is 0 Å². The first-order chi connectivity index (χ1) is 7.11. The van der Waals surface area contributed by atoms with E-state index in [1.165, 1.54) is 0 Å². The van der Waals surface area contributed by atoms with Crippen molar-refractivity contribution in [2.45, 2.75) is 45.8 Å². The van der Waals surface area contributed by atoms with Gasteiger partial charge in [0.15, 0.2) is 0 Å². The number of unbranched alkanes of at least 4 members (excludes halogenated alkanes) is 1. The smallest absolute Gasteiger partial charge is 0.236 e. The van der Waals surface area contributed by atoms with Crippen molar-refractivity contribution in [1.82, 2.24) is 10.6 Å². The Labute approximate surface area is 92.8 Å². The van der Waals surface area contributed by atoms with Crippen LogP contribution in [-0.2, 0) is 9.53 Å². The van der Waals surface area contributed by atoms with Gasteiger partial charge in [0, 0.05) is 20.2 Å². The molecule has 1 amide bonds. The number of ether oxygens (including phenoxy) is 1. The summed E-state index contributed by atoms with van der Waals surface area (Å²) in [5.41, 5.74) is 0. The van der Waals surface area contributed by atoms with Crippen LogP contribution in [0.25, 0.3) is 0 Å². The van der Waals surface area contributed by atoms with Crippen molar-refractivity contribution >= 4 is 5.91 Å². The van der Waals surface area contributed by atoms with Gasteiger partial charge in [-0.05, 0) is 20.3 Å². The molecule has 0 radical (unpaired) electrons. The first-order valence-electron chi connectivity index (χ1n) is 5.65. The van der Waals surface area contributed by atoms with Gasteiger partial charge >= 0.3 is 0 Å². The van der Waals surface area contributed by atoms with Crippen LogP contribution in [0.15, 0.2) is 0 Å². The molecule has 0 aromatic heterocycles. The number of carbonyl (C=O) groups is 1. The highest BCUT2D eigenvalue weighted by Crippen LogP contribution is 1.89. The molecule has 0 saturated carbocycles. The van der Waals surface area contributed by atoms with Gasteiger partial charge in [-0.1, -0.05) is 13.3 Å². The van der Waals surface area contributed by atoms with Gasteiger partial charge < -0.3 is 15.4 Å². The summed E-state index contributed by atoms with van der Waals surface area (Å²) in [6.07, 6.45) is 2.27. The highest BCUT2D eigenvalue weighted by atomic mass is 16.5. The number of amides is 1. The average Bonchev–Trinajstić information content (AvgIpc) is 2.25. The number of rotatable bonds is 8. The molecule has 0 fully saturated rings. The predicted molar refractivity (Wildman–Crippen MR) is 61.9 cm³/mol. The van der Waals surface area contributed by atoms with Gasteiger partial charge in [0.2, 0.25) is 5.91 Å². The van der Waals surface area contributed by atoms with Gasteiger partial charge in [-0.25, -0.2) is 0 Å². The summed E-state index contributed by atoms with van der Waals surface area (Å²) in [4.78, 5) is 11.5. The summed E-state index contributed by atoms with van der Waals surface area (Å²) in [5, 5.41) is 6.01. The Kier molecular flexibility index (Phi) is 8.33. The molecule has 2 atom stereocenters. The second kappa shape index (κ2) is 8.68. The lowest BCUT2D eigenvalue weighted by atomic mass is 10.2. The van der Waals surface area contributed by atoms with Crippen LogP contribution in [0.1, 0.15) is 33.6 Å². The quantitative estimate of drug-likeness (QED) is 0.593. The highest BCUT2D eigenvalue weighted by Gasteiger charge is 2.12. The zero-order valence-corrected chi connectivity index (χ0v) is 10.3. The number of carbonyl (C=O) groups excluding carboxylic acids is 1. The maximum Gasteiger partial charge on any atom is 0.236 e. The van der Waals surface area contributed by atoms with Crippen LogP contribution in [0.3, 0.4) is 0 Å². The van der Waals surface area contributed by atoms with E-state index in [4.69, 9.17) is 4.74 Å². The van der Waals surface area contributed by atoms with Crippen molar-refractivity contribution in [3.63, 3.8) is 0 Å². The second-order valence-corrected chi connectivity index (χ2v) is 3.82. The molecule has 90 valence electrons. The standard InChI is InChI=1S/C11H24N2O2/c1-5-6-7-12-11(14)10(3)13-8-9(2)15-4/h9-10,13H,5-8H2,1-4H3,(H,12,14). The Morgan fingerprint density at radius 3 is 2.60 bits per heavy atom. The van der Waals surface area contributed by atoms with Gasteiger partial charge in [0.1, 0.15) is 0 Å². The van der Waals surface area contributed by atoms with Crippen molar-refractivity contribution in [2.75, 3.05) is 20.2 Å². The monoisotopic (exact) mass is 216 g/mol. The summed E-state index contributed by atoms with van der Waals surface area (Å²) in [5.74, 6) is 0.0618. The lowest BCUT2D eigenvalue weighted by Crippen LogP contribution is -2.44. The SMILES string of the molecule is CCCCNC(=O)C(C)NCC(C)OC. The molecule has 0 aliphatic heterocycles. The molecule has 0 heterocycles. The molecule has 15 heavy (non-hydrogen) atoms. The first-order valence-corrected chi connectivity index (χ1v) is 5.65. The largest absolute Gasteiger partial charge is 0.380 e. The van der Waals surface area contributed by atoms with Crippen LogP contribution < -0.4 is 10.6 Å². The number of hydrogen-bond donors (Lipinski definition) is 2. The van der Waals surface area contributed by atoms with Crippen molar-refractivity contribution in [3.8, 4) is 0 Å². The second-order valence-electron chi connectivity index (χ2n) is 3.82. The molecule has 2 N–H and O–H groups in total. The van der Waals surface area contributed by atoms with E-state index in [-0.39, 0.29) is 18.1 Å². The van der Waals surface area contributed by atoms with Crippen LogP contribution in [0.2, 0.25) is 0 Å². The molecule has 0 bridgehead atoms. The van der Waals surface area contributed by atoms with Gasteiger partial charge in [-0.3, -0.25) is 4.79 Å². The molecule has 4 nitrogen and oxygen atoms in total. The molecular formula is C11H24N2O2.